The van der Waals surface area contributed by atoms with Gasteiger partial charge in [0.05, 0.1) is 24.3 Å². The number of benzene rings is 2. The first kappa shape index (κ1) is 21.4. The van der Waals surface area contributed by atoms with Gasteiger partial charge in [-0.3, -0.25) is 9.59 Å². The van der Waals surface area contributed by atoms with E-state index in [1.54, 1.807) is 4.90 Å². The summed E-state index contributed by atoms with van der Waals surface area (Å²) in [5.41, 5.74) is 2.37. The van der Waals surface area contributed by atoms with Crippen LogP contribution >= 0.6 is 0 Å². The normalized spacial score (nSPS) is 15.9. The van der Waals surface area contributed by atoms with Crippen LogP contribution in [-0.4, -0.2) is 36.5 Å². The van der Waals surface area contributed by atoms with Gasteiger partial charge in [-0.05, 0) is 48.7 Å². The standard InChI is InChI=1S/C23H26N2O5/c1-3-4-5-15-6-9-18(10-7-15)25-14-17(13-21(25)27)22(28)24-19-11-8-16(12-20(19)26)23(29)30-2/h6-12,17,26H,3-5,13-14H2,1-2H3,(H,24,28). The van der Waals surface area contributed by atoms with Crippen molar-refractivity contribution in [3.63, 3.8) is 0 Å². The van der Waals surface area contributed by atoms with Crippen molar-refractivity contribution in [3.05, 3.63) is 53.6 Å². The molecule has 2 aromatic carbocycles. The number of unbranched alkanes of at least 4 members (excludes halogenated alkanes) is 1. The van der Waals surface area contributed by atoms with E-state index in [1.807, 2.05) is 24.3 Å². The zero-order valence-electron chi connectivity index (χ0n) is 17.2. The number of phenolic OH excluding ortho intramolecular Hbond substituents is 1. The van der Waals surface area contributed by atoms with Crippen LogP contribution in [0.2, 0.25) is 0 Å². The van der Waals surface area contributed by atoms with Crippen molar-refractivity contribution in [1.82, 2.24) is 0 Å². The number of carbonyl (C=O) groups is 3. The molecule has 0 spiro atoms. The van der Waals surface area contributed by atoms with Gasteiger partial charge in [0.1, 0.15) is 5.75 Å². The maximum Gasteiger partial charge on any atom is 0.337 e. The van der Waals surface area contributed by atoms with Crippen molar-refractivity contribution in [2.45, 2.75) is 32.6 Å². The Morgan fingerprint density at radius 3 is 2.57 bits per heavy atom. The van der Waals surface area contributed by atoms with E-state index >= 15 is 0 Å². The summed E-state index contributed by atoms with van der Waals surface area (Å²) in [7, 11) is 1.25. The number of hydrogen-bond donors (Lipinski definition) is 2. The molecule has 3 rings (SSSR count). The number of aromatic hydroxyl groups is 1. The quantitative estimate of drug-likeness (QED) is 0.538. The number of phenols is 1. The van der Waals surface area contributed by atoms with Gasteiger partial charge in [-0.1, -0.05) is 25.5 Å². The van der Waals surface area contributed by atoms with Gasteiger partial charge in [-0.15, -0.1) is 0 Å². The lowest BCUT2D eigenvalue weighted by Gasteiger charge is -2.17. The topological polar surface area (TPSA) is 95.9 Å². The maximum atomic E-state index is 12.6. The van der Waals surface area contributed by atoms with Crippen LogP contribution in [-0.2, 0) is 20.7 Å². The first-order valence-corrected chi connectivity index (χ1v) is 10.0. The Morgan fingerprint density at radius 1 is 1.20 bits per heavy atom. The highest BCUT2D eigenvalue weighted by Crippen LogP contribution is 2.29. The van der Waals surface area contributed by atoms with E-state index in [-0.39, 0.29) is 41.8 Å². The zero-order chi connectivity index (χ0) is 21.7. The van der Waals surface area contributed by atoms with Gasteiger partial charge >= 0.3 is 5.97 Å². The minimum absolute atomic E-state index is 0.102. The fourth-order valence-electron chi connectivity index (χ4n) is 3.47. The Bertz CT molecular complexity index is 939. The van der Waals surface area contributed by atoms with E-state index in [9.17, 15) is 19.5 Å². The molecule has 0 aliphatic carbocycles. The van der Waals surface area contributed by atoms with Crippen molar-refractivity contribution in [1.29, 1.82) is 0 Å². The van der Waals surface area contributed by atoms with Crippen LogP contribution in [0.5, 0.6) is 5.75 Å². The van der Waals surface area contributed by atoms with Crippen molar-refractivity contribution < 1.29 is 24.2 Å². The van der Waals surface area contributed by atoms with Crippen molar-refractivity contribution in [2.75, 3.05) is 23.9 Å². The van der Waals surface area contributed by atoms with E-state index in [0.29, 0.717) is 0 Å². The Morgan fingerprint density at radius 2 is 1.93 bits per heavy atom. The smallest absolute Gasteiger partial charge is 0.337 e. The van der Waals surface area contributed by atoms with Crippen LogP contribution in [0.4, 0.5) is 11.4 Å². The molecule has 1 heterocycles. The van der Waals surface area contributed by atoms with Crippen LogP contribution in [0.1, 0.15) is 42.1 Å². The van der Waals surface area contributed by atoms with E-state index in [2.05, 4.69) is 17.0 Å². The van der Waals surface area contributed by atoms with Crippen molar-refractivity contribution >= 4 is 29.2 Å². The number of hydrogen-bond acceptors (Lipinski definition) is 5. The second kappa shape index (κ2) is 9.43. The fourth-order valence-corrected chi connectivity index (χ4v) is 3.47. The molecule has 1 unspecified atom stereocenters. The SMILES string of the molecule is CCCCc1ccc(N2CC(C(=O)Nc3ccc(C(=O)OC)cc3O)CC2=O)cc1. The first-order chi connectivity index (χ1) is 14.4. The number of nitrogens with zero attached hydrogens (tertiary/aromatic N) is 1. The van der Waals surface area contributed by atoms with Crippen LogP contribution in [0.3, 0.4) is 0 Å². The summed E-state index contributed by atoms with van der Waals surface area (Å²) >= 11 is 0. The average molecular weight is 410 g/mol. The fraction of sp³-hybridized carbons (Fsp3) is 0.348. The molecule has 0 aromatic heterocycles. The molecule has 1 atom stereocenters. The summed E-state index contributed by atoms with van der Waals surface area (Å²) in [6.45, 7) is 2.43. The monoisotopic (exact) mass is 410 g/mol. The molecule has 0 saturated carbocycles. The third kappa shape index (κ3) is 4.79. The highest BCUT2D eigenvalue weighted by Gasteiger charge is 2.35. The van der Waals surface area contributed by atoms with E-state index < -0.39 is 11.9 Å². The highest BCUT2D eigenvalue weighted by molar-refractivity contribution is 6.04. The van der Waals surface area contributed by atoms with Gasteiger partial charge in [0.2, 0.25) is 11.8 Å². The molecule has 30 heavy (non-hydrogen) atoms. The minimum atomic E-state index is -0.582. The van der Waals surface area contributed by atoms with E-state index in [4.69, 9.17) is 0 Å². The molecule has 7 heteroatoms. The second-order valence-electron chi connectivity index (χ2n) is 7.39. The second-order valence-corrected chi connectivity index (χ2v) is 7.39. The van der Waals surface area contributed by atoms with Gasteiger partial charge in [0, 0.05) is 18.7 Å². The van der Waals surface area contributed by atoms with Crippen LogP contribution in [0.25, 0.3) is 0 Å². The summed E-state index contributed by atoms with van der Waals surface area (Å²) in [5, 5.41) is 12.7. The predicted octanol–water partition coefficient (Wildman–Crippen LogP) is 3.51. The van der Waals surface area contributed by atoms with Crippen LogP contribution in [0, 0.1) is 5.92 Å². The number of carbonyl (C=O) groups excluding carboxylic acids is 3. The minimum Gasteiger partial charge on any atom is -0.506 e. The molecule has 0 bridgehead atoms. The van der Waals surface area contributed by atoms with Gasteiger partial charge in [-0.2, -0.15) is 0 Å². The molecule has 1 aliphatic heterocycles. The number of ether oxygens (including phenoxy) is 1. The Labute approximate surface area is 175 Å². The molecule has 1 aliphatic rings. The summed E-state index contributed by atoms with van der Waals surface area (Å²) < 4.78 is 4.61. The summed E-state index contributed by atoms with van der Waals surface area (Å²) in [5.74, 6) is -1.82. The van der Waals surface area contributed by atoms with Gasteiger partial charge < -0.3 is 20.1 Å². The molecule has 1 saturated heterocycles. The molecule has 7 nitrogen and oxygen atoms in total. The Balaban J connectivity index is 1.64. The third-order valence-electron chi connectivity index (χ3n) is 5.24. The Hall–Kier alpha value is -3.35. The number of aryl methyl sites for hydroxylation is 1. The molecule has 2 aromatic rings. The van der Waals surface area contributed by atoms with E-state index in [0.717, 1.165) is 24.9 Å². The summed E-state index contributed by atoms with van der Waals surface area (Å²) in [4.78, 5) is 38.3. The van der Waals surface area contributed by atoms with Crippen molar-refractivity contribution in [3.8, 4) is 5.75 Å². The molecular formula is C23H26N2O5. The average Bonchev–Trinajstić information content (AvgIpc) is 3.15. The van der Waals surface area contributed by atoms with E-state index in [1.165, 1.54) is 30.9 Å². The number of esters is 1. The zero-order valence-corrected chi connectivity index (χ0v) is 17.2. The lowest BCUT2D eigenvalue weighted by molar-refractivity contribution is -0.122. The largest absolute Gasteiger partial charge is 0.506 e. The van der Waals surface area contributed by atoms with Crippen molar-refractivity contribution in [2.24, 2.45) is 5.92 Å². The van der Waals surface area contributed by atoms with Crippen LogP contribution in [0.15, 0.2) is 42.5 Å². The van der Waals surface area contributed by atoms with Gasteiger partial charge in [0.25, 0.3) is 0 Å². The van der Waals surface area contributed by atoms with Gasteiger partial charge in [-0.25, -0.2) is 4.79 Å². The number of methoxy groups -OCH3 is 1. The summed E-state index contributed by atoms with van der Waals surface area (Å²) in [6.07, 6.45) is 3.36. The third-order valence-corrected chi connectivity index (χ3v) is 5.24. The number of amides is 2. The molecule has 158 valence electrons. The number of nitrogens with one attached hydrogen (secondary N) is 1. The number of anilines is 2. The predicted molar refractivity (Wildman–Crippen MR) is 114 cm³/mol. The first-order valence-electron chi connectivity index (χ1n) is 10.0. The number of rotatable bonds is 7. The molecular weight excluding hydrogens is 384 g/mol. The Kier molecular flexibility index (Phi) is 6.72. The maximum absolute atomic E-state index is 12.6. The molecule has 0 radical (unpaired) electrons. The molecule has 2 N–H and O–H groups in total. The lowest BCUT2D eigenvalue weighted by atomic mass is 10.1. The lowest BCUT2D eigenvalue weighted by Crippen LogP contribution is -2.28. The van der Waals surface area contributed by atoms with Crippen LogP contribution < -0.4 is 10.2 Å². The molecule has 2 amide bonds. The summed E-state index contributed by atoms with van der Waals surface area (Å²) in [6, 6.07) is 12.0. The highest BCUT2D eigenvalue weighted by atomic mass is 16.5. The van der Waals surface area contributed by atoms with Gasteiger partial charge in [0.15, 0.2) is 0 Å². The molecule has 1 fully saturated rings.